The molecule has 1 heterocycles. The third kappa shape index (κ3) is 2.32. The molecule has 0 spiro atoms. The average Bonchev–Trinajstić information content (AvgIpc) is 2.50. The zero-order chi connectivity index (χ0) is 10.1. The van der Waals surface area contributed by atoms with Gasteiger partial charge in [0.1, 0.15) is 0 Å². The molecule has 0 unspecified atom stereocenters. The summed E-state index contributed by atoms with van der Waals surface area (Å²) in [6, 6.07) is 1.47. The molecule has 0 amide bonds. The summed E-state index contributed by atoms with van der Waals surface area (Å²) < 4.78 is 22.2. The molecule has 0 aliphatic carbocycles. The van der Waals surface area contributed by atoms with E-state index in [0.29, 0.717) is 4.90 Å². The summed E-state index contributed by atoms with van der Waals surface area (Å²) in [4.78, 5) is 3.16. The maximum atomic E-state index is 11.1. The van der Waals surface area contributed by atoms with Crippen LogP contribution in [-0.2, 0) is 9.84 Å². The lowest BCUT2D eigenvalue weighted by atomic mass is 10.2. The van der Waals surface area contributed by atoms with Gasteiger partial charge in [-0.3, -0.25) is 0 Å². The summed E-state index contributed by atoms with van der Waals surface area (Å²) in [5.41, 5.74) is 6.49. The Morgan fingerprint density at radius 3 is 2.62 bits per heavy atom. The summed E-state index contributed by atoms with van der Waals surface area (Å²) in [5.74, 6) is 0. The molecule has 1 rings (SSSR count). The van der Waals surface area contributed by atoms with Crippen molar-refractivity contribution < 1.29 is 8.42 Å². The smallest absolute Gasteiger partial charge is 0.177 e. The van der Waals surface area contributed by atoms with E-state index in [1.54, 1.807) is 6.07 Å². The van der Waals surface area contributed by atoms with Gasteiger partial charge in [-0.05, 0) is 12.5 Å². The number of aromatic nitrogens is 1. The normalized spacial score (nSPS) is 14.4. The fourth-order valence-corrected chi connectivity index (χ4v) is 1.65. The van der Waals surface area contributed by atoms with Gasteiger partial charge in [-0.2, -0.15) is 0 Å². The van der Waals surface area contributed by atoms with Crippen molar-refractivity contribution in [1.29, 1.82) is 0 Å². The first-order chi connectivity index (χ1) is 5.95. The van der Waals surface area contributed by atoms with Gasteiger partial charge in [0.15, 0.2) is 9.84 Å². The minimum absolute atomic E-state index is 0.115. The first kappa shape index (κ1) is 10.3. The van der Waals surface area contributed by atoms with Crippen LogP contribution in [0.2, 0.25) is 0 Å². The first-order valence-corrected chi connectivity index (χ1v) is 5.98. The molecule has 0 aliphatic heterocycles. The van der Waals surface area contributed by atoms with Crippen LogP contribution in [0.5, 0.6) is 0 Å². The van der Waals surface area contributed by atoms with Crippen LogP contribution in [0.3, 0.4) is 0 Å². The number of nitrogens with two attached hydrogens (primary N) is 1. The van der Waals surface area contributed by atoms with Gasteiger partial charge in [0.25, 0.3) is 0 Å². The zero-order valence-electron chi connectivity index (χ0n) is 7.74. The Kier molecular flexibility index (Phi) is 2.77. The van der Waals surface area contributed by atoms with Gasteiger partial charge in [-0.15, -0.1) is 0 Å². The Labute approximate surface area is 78.1 Å². The number of sulfone groups is 1. The molecule has 0 radical (unpaired) electrons. The van der Waals surface area contributed by atoms with Crippen molar-refractivity contribution in [2.45, 2.75) is 24.3 Å². The molecule has 1 aromatic heterocycles. The van der Waals surface area contributed by atoms with Crippen molar-refractivity contribution in [2.75, 3.05) is 6.26 Å². The van der Waals surface area contributed by atoms with E-state index < -0.39 is 9.84 Å². The summed E-state index contributed by atoms with van der Waals surface area (Å²) >= 11 is 0. The minimum Gasteiger partial charge on any atom is -0.362 e. The van der Waals surface area contributed by atoms with Gasteiger partial charge >= 0.3 is 0 Å². The summed E-state index contributed by atoms with van der Waals surface area (Å²) in [6.45, 7) is 1.95. The van der Waals surface area contributed by atoms with E-state index in [4.69, 9.17) is 5.73 Å². The van der Waals surface area contributed by atoms with Gasteiger partial charge in [-0.25, -0.2) is 8.42 Å². The summed E-state index contributed by atoms with van der Waals surface area (Å²) in [6.07, 6.45) is 3.43. The highest BCUT2D eigenvalue weighted by atomic mass is 32.2. The Balaban J connectivity index is 3.00. The topological polar surface area (TPSA) is 76.0 Å². The number of hydrogen-bond acceptors (Lipinski definition) is 3. The molecule has 74 valence electrons. The molecule has 0 fully saturated rings. The Morgan fingerprint density at radius 1 is 1.62 bits per heavy atom. The summed E-state index contributed by atoms with van der Waals surface area (Å²) in [7, 11) is -3.11. The van der Waals surface area contributed by atoms with E-state index >= 15 is 0 Å². The molecule has 3 N–H and O–H groups in total. The molecule has 5 heteroatoms. The maximum absolute atomic E-state index is 11.1. The standard InChI is InChI=1S/C8H14N2O2S/c1-3-7(9)8-4-6(5-10-8)13(2,11)12/h4-5,7,10H,3,9H2,1-2H3/t7-/m0/s1. The van der Waals surface area contributed by atoms with E-state index in [1.807, 2.05) is 6.92 Å². The van der Waals surface area contributed by atoms with E-state index in [2.05, 4.69) is 4.98 Å². The maximum Gasteiger partial charge on any atom is 0.177 e. The molecule has 1 atom stereocenters. The Bertz CT molecular complexity index is 381. The van der Waals surface area contributed by atoms with Crippen molar-refractivity contribution in [2.24, 2.45) is 5.73 Å². The van der Waals surface area contributed by atoms with Crippen molar-refractivity contribution in [3.05, 3.63) is 18.0 Å². The van der Waals surface area contributed by atoms with Crippen molar-refractivity contribution in [1.82, 2.24) is 4.98 Å². The van der Waals surface area contributed by atoms with E-state index in [1.165, 1.54) is 12.5 Å². The molecule has 0 aromatic carbocycles. The lowest BCUT2D eigenvalue weighted by Crippen LogP contribution is -2.08. The molecule has 0 aliphatic rings. The van der Waals surface area contributed by atoms with Crippen LogP contribution in [-0.4, -0.2) is 19.7 Å². The van der Waals surface area contributed by atoms with Crippen LogP contribution in [0.1, 0.15) is 25.1 Å². The molecule has 0 bridgehead atoms. The van der Waals surface area contributed by atoms with Crippen LogP contribution in [0.15, 0.2) is 17.2 Å². The van der Waals surface area contributed by atoms with Crippen LogP contribution in [0, 0.1) is 0 Å². The predicted molar refractivity (Wildman–Crippen MR) is 51.1 cm³/mol. The molecular weight excluding hydrogens is 188 g/mol. The van der Waals surface area contributed by atoms with Gasteiger partial charge in [0.2, 0.25) is 0 Å². The van der Waals surface area contributed by atoms with Gasteiger partial charge in [-0.1, -0.05) is 6.92 Å². The number of rotatable bonds is 3. The molecular formula is C8H14N2O2S. The molecule has 0 saturated carbocycles. The first-order valence-electron chi connectivity index (χ1n) is 4.09. The van der Waals surface area contributed by atoms with Crippen molar-refractivity contribution in [3.8, 4) is 0 Å². The van der Waals surface area contributed by atoms with Gasteiger partial charge in [0.05, 0.1) is 4.90 Å². The Morgan fingerprint density at radius 2 is 2.23 bits per heavy atom. The second-order valence-corrected chi connectivity index (χ2v) is 5.09. The van der Waals surface area contributed by atoms with Crippen LogP contribution < -0.4 is 5.73 Å². The lowest BCUT2D eigenvalue weighted by Gasteiger charge is -2.03. The quantitative estimate of drug-likeness (QED) is 0.762. The largest absolute Gasteiger partial charge is 0.362 e. The van der Waals surface area contributed by atoms with Gasteiger partial charge in [0, 0.05) is 24.2 Å². The van der Waals surface area contributed by atoms with E-state index in [-0.39, 0.29) is 6.04 Å². The van der Waals surface area contributed by atoms with Crippen molar-refractivity contribution >= 4 is 9.84 Å². The van der Waals surface area contributed by atoms with E-state index in [0.717, 1.165) is 12.1 Å². The SMILES string of the molecule is CC[C@H](N)c1cc(S(C)(=O)=O)c[nH]1. The predicted octanol–water partition coefficient (Wildman–Crippen LogP) is 0.828. The third-order valence-corrected chi connectivity index (χ3v) is 3.04. The van der Waals surface area contributed by atoms with E-state index in [9.17, 15) is 8.42 Å². The fraction of sp³-hybridized carbons (Fsp3) is 0.500. The van der Waals surface area contributed by atoms with Crippen LogP contribution >= 0.6 is 0 Å². The molecule has 1 aromatic rings. The fourth-order valence-electron chi connectivity index (χ4n) is 1.04. The highest BCUT2D eigenvalue weighted by Gasteiger charge is 2.12. The molecule has 13 heavy (non-hydrogen) atoms. The third-order valence-electron chi connectivity index (χ3n) is 1.95. The van der Waals surface area contributed by atoms with Crippen LogP contribution in [0.25, 0.3) is 0 Å². The highest BCUT2D eigenvalue weighted by molar-refractivity contribution is 7.90. The van der Waals surface area contributed by atoms with Crippen molar-refractivity contribution in [3.63, 3.8) is 0 Å². The second kappa shape index (κ2) is 3.51. The second-order valence-electron chi connectivity index (χ2n) is 3.08. The van der Waals surface area contributed by atoms with Crippen LogP contribution in [0.4, 0.5) is 0 Å². The average molecular weight is 202 g/mol. The van der Waals surface area contributed by atoms with Gasteiger partial charge < -0.3 is 10.7 Å². The summed E-state index contributed by atoms with van der Waals surface area (Å²) in [5, 5.41) is 0. The monoisotopic (exact) mass is 202 g/mol. The number of aromatic amines is 1. The lowest BCUT2D eigenvalue weighted by molar-refractivity contribution is 0.602. The zero-order valence-corrected chi connectivity index (χ0v) is 8.56. The molecule has 4 nitrogen and oxygen atoms in total. The minimum atomic E-state index is -3.11. The number of hydrogen-bond donors (Lipinski definition) is 2. The number of H-pyrrole nitrogens is 1. The highest BCUT2D eigenvalue weighted by Crippen LogP contribution is 2.16. The Hall–Kier alpha value is -0.810. The molecule has 0 saturated heterocycles. The number of nitrogens with one attached hydrogen (secondary N) is 1.